The number of ether oxygens (including phenoxy) is 1. The first-order valence-electron chi connectivity index (χ1n) is 7.97. The van der Waals surface area contributed by atoms with Crippen LogP contribution in [0.15, 0.2) is 36.4 Å². The zero-order valence-corrected chi connectivity index (χ0v) is 14.4. The monoisotopic (exact) mass is 354 g/mol. The normalized spacial score (nSPS) is 13.8. The Morgan fingerprint density at radius 1 is 1.04 bits per heavy atom. The molecule has 0 aromatic heterocycles. The largest absolute Gasteiger partial charge is 0.507 e. The number of benzene rings is 2. The van der Waals surface area contributed by atoms with E-state index in [9.17, 15) is 24.9 Å². The van der Waals surface area contributed by atoms with Gasteiger partial charge in [0.25, 0.3) is 0 Å². The number of fused-ring (bicyclic) bond motifs is 2. The zero-order valence-electron chi connectivity index (χ0n) is 14.4. The highest BCUT2D eigenvalue weighted by molar-refractivity contribution is 6.30. The van der Waals surface area contributed by atoms with E-state index in [0.717, 1.165) is 0 Å². The van der Waals surface area contributed by atoms with Gasteiger partial charge in [-0.15, -0.1) is 0 Å². The maximum absolute atomic E-state index is 12.8. The first-order valence-corrected chi connectivity index (χ1v) is 7.97. The lowest BCUT2D eigenvalue weighted by Crippen LogP contribution is -2.22. The van der Waals surface area contributed by atoms with Gasteiger partial charge in [-0.2, -0.15) is 0 Å². The number of aromatic hydroxyl groups is 2. The van der Waals surface area contributed by atoms with Crippen molar-refractivity contribution in [1.82, 2.24) is 0 Å². The molecule has 0 heterocycles. The molecule has 0 radical (unpaired) electrons. The van der Waals surface area contributed by atoms with Gasteiger partial charge in [0, 0.05) is 17.2 Å². The van der Waals surface area contributed by atoms with E-state index in [2.05, 4.69) is 6.58 Å². The van der Waals surface area contributed by atoms with E-state index in [0.29, 0.717) is 11.1 Å². The van der Waals surface area contributed by atoms with Gasteiger partial charge in [0.15, 0.2) is 5.78 Å². The zero-order chi connectivity index (χ0) is 19.2. The van der Waals surface area contributed by atoms with Crippen molar-refractivity contribution >= 4 is 11.6 Å². The van der Waals surface area contributed by atoms with Crippen LogP contribution in [0, 0.1) is 6.92 Å². The quantitative estimate of drug-likeness (QED) is 0.622. The highest BCUT2D eigenvalue weighted by Gasteiger charge is 2.35. The van der Waals surface area contributed by atoms with Crippen LogP contribution in [-0.4, -0.2) is 39.6 Å². The molecule has 3 rings (SSSR count). The summed E-state index contributed by atoms with van der Waals surface area (Å²) < 4.78 is 5.41. The van der Waals surface area contributed by atoms with Gasteiger partial charge < -0.3 is 20.1 Å². The molecule has 6 nitrogen and oxygen atoms in total. The Morgan fingerprint density at radius 2 is 1.62 bits per heavy atom. The van der Waals surface area contributed by atoms with Crippen LogP contribution >= 0.6 is 0 Å². The molecule has 0 saturated carbocycles. The highest BCUT2D eigenvalue weighted by atomic mass is 16.5. The van der Waals surface area contributed by atoms with Crippen LogP contribution in [0.5, 0.6) is 17.2 Å². The number of ketones is 2. The summed E-state index contributed by atoms with van der Waals surface area (Å²) in [5.41, 5.74) is 0.931. The fraction of sp³-hybridized carbons (Fsp3) is 0.200. The molecule has 0 aliphatic heterocycles. The van der Waals surface area contributed by atoms with Crippen LogP contribution in [0.4, 0.5) is 0 Å². The van der Waals surface area contributed by atoms with Crippen LogP contribution in [0.2, 0.25) is 0 Å². The summed E-state index contributed by atoms with van der Waals surface area (Å²) in [6.45, 7) is 6.85. The summed E-state index contributed by atoms with van der Waals surface area (Å²) in [5.74, 6) is -1.70. The fourth-order valence-electron chi connectivity index (χ4n) is 2.87. The van der Waals surface area contributed by atoms with Crippen LogP contribution in [-0.2, 0) is 0 Å². The molecule has 26 heavy (non-hydrogen) atoms. The summed E-state index contributed by atoms with van der Waals surface area (Å²) in [6, 6.07) is 5.46. The summed E-state index contributed by atoms with van der Waals surface area (Å²) in [7, 11) is 0. The third-order valence-electron chi connectivity index (χ3n) is 4.27. The first-order chi connectivity index (χ1) is 12.2. The number of aliphatic hydroxyl groups is 1. The van der Waals surface area contributed by atoms with E-state index in [1.165, 1.54) is 24.3 Å². The van der Waals surface area contributed by atoms with E-state index >= 15 is 0 Å². The molecule has 2 aromatic carbocycles. The van der Waals surface area contributed by atoms with Gasteiger partial charge in [-0.1, -0.05) is 6.58 Å². The molecule has 134 valence electrons. The van der Waals surface area contributed by atoms with Crippen molar-refractivity contribution in [2.45, 2.75) is 20.0 Å². The second kappa shape index (κ2) is 6.31. The van der Waals surface area contributed by atoms with E-state index in [1.807, 2.05) is 0 Å². The van der Waals surface area contributed by atoms with Crippen molar-refractivity contribution in [1.29, 1.82) is 0 Å². The molecule has 0 bridgehead atoms. The van der Waals surface area contributed by atoms with Gasteiger partial charge in [-0.25, -0.2) is 0 Å². The van der Waals surface area contributed by atoms with Crippen LogP contribution < -0.4 is 4.74 Å². The number of aliphatic hydroxyl groups excluding tert-OH is 1. The maximum Gasteiger partial charge on any atom is 0.201 e. The number of rotatable bonds is 4. The van der Waals surface area contributed by atoms with Crippen molar-refractivity contribution < 1.29 is 29.6 Å². The highest BCUT2D eigenvalue weighted by Crippen LogP contribution is 2.39. The molecule has 0 fully saturated rings. The summed E-state index contributed by atoms with van der Waals surface area (Å²) in [5, 5.41) is 30.1. The van der Waals surface area contributed by atoms with Crippen molar-refractivity contribution in [3.05, 3.63) is 64.2 Å². The molecule has 2 aromatic rings. The average Bonchev–Trinajstić information content (AvgIpc) is 2.56. The predicted molar refractivity (Wildman–Crippen MR) is 94.1 cm³/mol. The van der Waals surface area contributed by atoms with E-state index in [4.69, 9.17) is 4.74 Å². The van der Waals surface area contributed by atoms with Gasteiger partial charge >= 0.3 is 0 Å². The lowest BCUT2D eigenvalue weighted by molar-refractivity contribution is 0.0973. The summed E-state index contributed by atoms with van der Waals surface area (Å²) in [4.78, 5) is 25.5. The molecular weight excluding hydrogens is 336 g/mol. The fourth-order valence-corrected chi connectivity index (χ4v) is 2.87. The molecule has 0 saturated heterocycles. The standard InChI is InChI=1S/C20H18O6/c1-9(2)16(23)8-26-11-6-13-18(15(22)7-11)20(25)17-12(19(13)24)4-10(3)5-14(17)21/h4-7,16,21-23H,1,8H2,2-3H3. The topological polar surface area (TPSA) is 104 Å². The molecule has 1 aliphatic carbocycles. The maximum atomic E-state index is 12.8. The predicted octanol–water partition coefficient (Wildman–Crippen LogP) is 2.50. The number of carbonyl (C=O) groups excluding carboxylic acids is 2. The Hall–Kier alpha value is -3.12. The summed E-state index contributed by atoms with van der Waals surface area (Å²) in [6.07, 6.45) is -0.897. The molecular formula is C20H18O6. The van der Waals surface area contributed by atoms with Crippen molar-refractivity contribution in [3.63, 3.8) is 0 Å². The number of phenols is 2. The minimum absolute atomic E-state index is 0.00712. The molecule has 1 aliphatic rings. The first kappa shape index (κ1) is 17.7. The number of phenolic OH excluding ortho intramolecular Hbond substituents is 2. The Morgan fingerprint density at radius 3 is 2.23 bits per heavy atom. The smallest absolute Gasteiger partial charge is 0.201 e. The lowest BCUT2D eigenvalue weighted by Gasteiger charge is -2.21. The van der Waals surface area contributed by atoms with Crippen LogP contribution in [0.1, 0.15) is 44.3 Å². The minimum Gasteiger partial charge on any atom is -0.507 e. The molecule has 6 heteroatoms. The number of carbonyl (C=O) groups is 2. The molecule has 1 atom stereocenters. The van der Waals surface area contributed by atoms with Gasteiger partial charge in [0.1, 0.15) is 30.0 Å². The SMILES string of the molecule is C=C(C)C(O)COc1cc(O)c2c(c1)C(=O)c1cc(C)cc(O)c1C2=O. The third kappa shape index (κ3) is 2.84. The van der Waals surface area contributed by atoms with Crippen LogP contribution in [0.25, 0.3) is 0 Å². The Balaban J connectivity index is 2.06. The van der Waals surface area contributed by atoms with Crippen molar-refractivity contribution in [2.24, 2.45) is 0 Å². The van der Waals surface area contributed by atoms with Gasteiger partial charge in [-0.05, 0) is 43.2 Å². The van der Waals surface area contributed by atoms with Crippen LogP contribution in [0.3, 0.4) is 0 Å². The van der Waals surface area contributed by atoms with E-state index in [-0.39, 0.29) is 40.4 Å². The number of aryl methyl sites for hydroxylation is 1. The van der Waals surface area contributed by atoms with Crippen molar-refractivity contribution in [3.8, 4) is 17.2 Å². The molecule has 1 unspecified atom stereocenters. The minimum atomic E-state index is -0.897. The second-order valence-electron chi connectivity index (χ2n) is 6.40. The molecule has 3 N–H and O–H groups in total. The van der Waals surface area contributed by atoms with E-state index < -0.39 is 23.4 Å². The molecule has 0 spiro atoms. The van der Waals surface area contributed by atoms with Gasteiger partial charge in [-0.3, -0.25) is 9.59 Å². The Labute approximate surface area is 150 Å². The average molecular weight is 354 g/mol. The Bertz CT molecular complexity index is 957. The van der Waals surface area contributed by atoms with Crippen molar-refractivity contribution in [2.75, 3.05) is 6.61 Å². The second-order valence-corrected chi connectivity index (χ2v) is 6.40. The Kier molecular flexibility index (Phi) is 4.29. The number of hydrogen-bond acceptors (Lipinski definition) is 6. The van der Waals surface area contributed by atoms with Gasteiger partial charge in [0.2, 0.25) is 5.78 Å². The lowest BCUT2D eigenvalue weighted by atomic mass is 9.82. The van der Waals surface area contributed by atoms with E-state index in [1.54, 1.807) is 13.8 Å². The third-order valence-corrected chi connectivity index (χ3v) is 4.27. The molecule has 0 amide bonds. The summed E-state index contributed by atoms with van der Waals surface area (Å²) >= 11 is 0. The number of hydrogen-bond donors (Lipinski definition) is 3. The van der Waals surface area contributed by atoms with Gasteiger partial charge in [0.05, 0.1) is 11.1 Å².